The number of hydrogen-bond acceptors (Lipinski definition) is 5. The molecule has 0 saturated heterocycles. The molecule has 7 heteroatoms. The molecule has 30 heavy (non-hydrogen) atoms. The lowest BCUT2D eigenvalue weighted by atomic mass is 9.99. The molecule has 0 radical (unpaired) electrons. The second kappa shape index (κ2) is 10.8. The van der Waals surface area contributed by atoms with E-state index in [2.05, 4.69) is 10.3 Å². The molecule has 0 aliphatic carbocycles. The molecule has 0 aliphatic heterocycles. The molecule has 154 valence electrons. The number of pyridine rings is 1. The lowest BCUT2D eigenvalue weighted by molar-refractivity contribution is -0.139. The van der Waals surface area contributed by atoms with Crippen LogP contribution in [0.25, 0.3) is 11.1 Å². The molecule has 5 nitrogen and oxygen atoms in total. The van der Waals surface area contributed by atoms with E-state index in [9.17, 15) is 14.7 Å². The molecule has 3 rings (SSSR count). The average Bonchev–Trinajstić information content (AvgIpc) is 2.77. The van der Waals surface area contributed by atoms with Crippen molar-refractivity contribution in [3.05, 3.63) is 78.6 Å². The van der Waals surface area contributed by atoms with E-state index in [4.69, 9.17) is 0 Å². The normalized spacial score (nSPS) is 11.6. The summed E-state index contributed by atoms with van der Waals surface area (Å²) in [5.41, 5.74) is 2.11. The number of carbonyl (C=O) groups is 2. The lowest BCUT2D eigenvalue weighted by Gasteiger charge is -2.17. The minimum atomic E-state index is -1.03. The second-order valence-corrected chi connectivity index (χ2v) is 8.64. The Morgan fingerprint density at radius 1 is 1.07 bits per heavy atom. The van der Waals surface area contributed by atoms with Gasteiger partial charge in [-0.25, -0.2) is 4.79 Å². The van der Waals surface area contributed by atoms with Gasteiger partial charge in [-0.3, -0.25) is 9.78 Å². The van der Waals surface area contributed by atoms with Crippen LogP contribution < -0.4 is 5.32 Å². The van der Waals surface area contributed by atoms with Gasteiger partial charge in [-0.2, -0.15) is 11.8 Å². The van der Waals surface area contributed by atoms with Crippen molar-refractivity contribution in [3.63, 3.8) is 0 Å². The van der Waals surface area contributed by atoms with Gasteiger partial charge >= 0.3 is 5.97 Å². The molecule has 0 spiro atoms. The third-order valence-electron chi connectivity index (χ3n) is 4.40. The Hall–Kier alpha value is -2.77. The van der Waals surface area contributed by atoms with Gasteiger partial charge in [0.25, 0.3) is 5.91 Å². The van der Waals surface area contributed by atoms with Crippen LogP contribution in [0.2, 0.25) is 0 Å². The van der Waals surface area contributed by atoms with Crippen molar-refractivity contribution in [2.45, 2.75) is 22.3 Å². The summed E-state index contributed by atoms with van der Waals surface area (Å²) in [6, 6.07) is 18.1. The Morgan fingerprint density at radius 3 is 2.53 bits per heavy atom. The molecular formula is C23H22N2O3S2. The van der Waals surface area contributed by atoms with Crippen LogP contribution in [0.1, 0.15) is 16.8 Å². The van der Waals surface area contributed by atoms with E-state index in [1.807, 2.05) is 60.9 Å². The maximum absolute atomic E-state index is 13.0. The first-order valence-electron chi connectivity index (χ1n) is 9.38. The minimum Gasteiger partial charge on any atom is -0.480 e. The van der Waals surface area contributed by atoms with Gasteiger partial charge in [0.1, 0.15) is 6.04 Å². The van der Waals surface area contributed by atoms with Crippen LogP contribution in [0.3, 0.4) is 0 Å². The van der Waals surface area contributed by atoms with E-state index in [1.54, 1.807) is 42.0 Å². The number of thioether (sulfide) groups is 1. The van der Waals surface area contributed by atoms with E-state index in [0.29, 0.717) is 17.7 Å². The maximum atomic E-state index is 13.0. The number of nitrogens with zero attached hydrogens (tertiary/aromatic N) is 1. The standard InChI is InChI=1S/C23H22N2O3S2/c1-29-13-11-21(23(27)28)25-22(26)19-10-9-17(30-18-8-5-12-24-15-18)14-20(19)16-6-3-2-4-7-16/h2-10,12,14-15,21H,11,13H2,1H3,(H,25,26)(H,27,28)/t21-/m0/s1. The molecule has 2 N–H and O–H groups in total. The van der Waals surface area contributed by atoms with Crippen molar-refractivity contribution < 1.29 is 14.7 Å². The Bertz CT molecular complexity index is 998. The van der Waals surface area contributed by atoms with E-state index >= 15 is 0 Å². The molecule has 3 aromatic rings. The molecule has 0 aliphatic rings. The minimum absolute atomic E-state index is 0.373. The Morgan fingerprint density at radius 2 is 1.87 bits per heavy atom. The summed E-state index contributed by atoms with van der Waals surface area (Å²) < 4.78 is 0. The number of rotatable bonds is 9. The highest BCUT2D eigenvalue weighted by atomic mass is 32.2. The van der Waals surface area contributed by atoms with Crippen LogP contribution in [0.5, 0.6) is 0 Å². The maximum Gasteiger partial charge on any atom is 0.326 e. The van der Waals surface area contributed by atoms with Crippen LogP contribution in [-0.4, -0.2) is 40.0 Å². The Kier molecular flexibility index (Phi) is 7.93. The zero-order chi connectivity index (χ0) is 21.3. The van der Waals surface area contributed by atoms with Gasteiger partial charge in [0.15, 0.2) is 0 Å². The summed E-state index contributed by atoms with van der Waals surface area (Å²) in [5.74, 6) is -0.758. The van der Waals surface area contributed by atoms with Crippen LogP contribution in [0.15, 0.2) is 82.8 Å². The largest absolute Gasteiger partial charge is 0.480 e. The van der Waals surface area contributed by atoms with Crippen LogP contribution >= 0.6 is 23.5 Å². The molecule has 0 unspecified atom stereocenters. The third kappa shape index (κ3) is 5.87. The molecule has 2 aromatic carbocycles. The van der Waals surface area contributed by atoms with E-state index in [0.717, 1.165) is 20.9 Å². The van der Waals surface area contributed by atoms with Gasteiger partial charge in [-0.15, -0.1) is 0 Å². The predicted octanol–water partition coefficient (Wildman–Crippen LogP) is 4.84. The Labute approximate surface area is 184 Å². The number of hydrogen-bond donors (Lipinski definition) is 2. The lowest BCUT2D eigenvalue weighted by Crippen LogP contribution is -2.41. The van der Waals surface area contributed by atoms with Crippen molar-refractivity contribution >= 4 is 35.4 Å². The molecule has 1 aromatic heterocycles. The number of carboxylic acid groups (broad SMARTS) is 1. The molecule has 0 bridgehead atoms. The van der Waals surface area contributed by atoms with Crippen LogP contribution in [-0.2, 0) is 4.79 Å². The fourth-order valence-corrected chi connectivity index (χ4v) is 4.23. The average molecular weight is 439 g/mol. The first kappa shape index (κ1) is 21.9. The van der Waals surface area contributed by atoms with E-state index < -0.39 is 12.0 Å². The molecule has 0 fully saturated rings. The van der Waals surface area contributed by atoms with Crippen molar-refractivity contribution in [2.75, 3.05) is 12.0 Å². The molecular weight excluding hydrogens is 416 g/mol. The van der Waals surface area contributed by atoms with E-state index in [1.165, 1.54) is 0 Å². The highest BCUT2D eigenvalue weighted by molar-refractivity contribution is 7.99. The monoisotopic (exact) mass is 438 g/mol. The quantitative estimate of drug-likeness (QED) is 0.498. The second-order valence-electron chi connectivity index (χ2n) is 6.51. The number of carbonyl (C=O) groups excluding carboxylic acids is 1. The number of carboxylic acids is 1. The molecule has 1 atom stereocenters. The summed E-state index contributed by atoms with van der Waals surface area (Å²) in [4.78, 5) is 30.6. The highest BCUT2D eigenvalue weighted by Gasteiger charge is 2.22. The van der Waals surface area contributed by atoms with Crippen molar-refractivity contribution in [3.8, 4) is 11.1 Å². The third-order valence-corrected chi connectivity index (χ3v) is 6.02. The Balaban J connectivity index is 1.92. The first-order chi connectivity index (χ1) is 14.6. The van der Waals surface area contributed by atoms with Gasteiger partial charge in [0, 0.05) is 27.7 Å². The van der Waals surface area contributed by atoms with Crippen molar-refractivity contribution in [1.82, 2.24) is 10.3 Å². The molecule has 1 heterocycles. The fourth-order valence-electron chi connectivity index (χ4n) is 2.91. The zero-order valence-electron chi connectivity index (χ0n) is 16.4. The zero-order valence-corrected chi connectivity index (χ0v) is 18.1. The SMILES string of the molecule is CSCC[C@H](NC(=O)c1ccc(Sc2cccnc2)cc1-c1ccccc1)C(=O)O. The van der Waals surface area contributed by atoms with Crippen LogP contribution in [0.4, 0.5) is 0 Å². The summed E-state index contributed by atoms with van der Waals surface area (Å²) in [5, 5.41) is 12.1. The number of amides is 1. The van der Waals surface area contributed by atoms with E-state index in [-0.39, 0.29) is 5.91 Å². The van der Waals surface area contributed by atoms with Gasteiger partial charge in [0.05, 0.1) is 0 Å². The summed E-state index contributed by atoms with van der Waals surface area (Å²) in [6.45, 7) is 0. The smallest absolute Gasteiger partial charge is 0.326 e. The molecule has 0 saturated carbocycles. The summed E-state index contributed by atoms with van der Waals surface area (Å²) in [7, 11) is 0. The topological polar surface area (TPSA) is 79.3 Å². The molecule has 1 amide bonds. The van der Waals surface area contributed by atoms with Gasteiger partial charge < -0.3 is 10.4 Å². The van der Waals surface area contributed by atoms with Gasteiger partial charge in [0.2, 0.25) is 0 Å². The summed E-state index contributed by atoms with van der Waals surface area (Å²) in [6.07, 6.45) is 5.80. The van der Waals surface area contributed by atoms with Gasteiger partial charge in [-0.05, 0) is 59.9 Å². The number of aromatic nitrogens is 1. The number of aliphatic carboxylic acids is 1. The number of nitrogens with one attached hydrogen (secondary N) is 1. The first-order valence-corrected chi connectivity index (χ1v) is 11.6. The highest BCUT2D eigenvalue weighted by Crippen LogP contribution is 2.33. The van der Waals surface area contributed by atoms with Gasteiger partial charge in [-0.1, -0.05) is 42.1 Å². The fraction of sp³-hybridized carbons (Fsp3) is 0.174. The summed E-state index contributed by atoms with van der Waals surface area (Å²) >= 11 is 3.11. The van der Waals surface area contributed by atoms with Crippen molar-refractivity contribution in [2.24, 2.45) is 0 Å². The number of benzene rings is 2. The predicted molar refractivity (Wildman–Crippen MR) is 122 cm³/mol. The van der Waals surface area contributed by atoms with Crippen LogP contribution in [0, 0.1) is 0 Å². The van der Waals surface area contributed by atoms with Crippen molar-refractivity contribution in [1.29, 1.82) is 0 Å².